The lowest BCUT2D eigenvalue weighted by molar-refractivity contribution is -0.385. The highest BCUT2D eigenvalue weighted by molar-refractivity contribution is 6.32. The molecule has 2 aromatic carbocycles. The van der Waals surface area contributed by atoms with E-state index >= 15 is 0 Å². The number of aryl methyl sites for hydroxylation is 3. The Kier molecular flexibility index (Phi) is 5.75. The van der Waals surface area contributed by atoms with Crippen LogP contribution in [0.15, 0.2) is 42.7 Å². The first-order valence-electron chi connectivity index (χ1n) is 8.69. The molecule has 1 N–H and O–H groups in total. The summed E-state index contributed by atoms with van der Waals surface area (Å²) in [6.45, 7) is 5.73. The first-order valence-corrected chi connectivity index (χ1v) is 9.06. The van der Waals surface area contributed by atoms with E-state index in [1.54, 1.807) is 12.1 Å². The fourth-order valence-corrected chi connectivity index (χ4v) is 2.84. The third kappa shape index (κ3) is 4.20. The van der Waals surface area contributed by atoms with Crippen molar-refractivity contribution < 1.29 is 9.66 Å². The molecule has 144 valence electrons. The molecule has 0 atom stereocenters. The highest BCUT2D eigenvalue weighted by Gasteiger charge is 2.25. The first-order chi connectivity index (χ1) is 13.4. The molecule has 0 radical (unpaired) electrons. The van der Waals surface area contributed by atoms with E-state index in [2.05, 4.69) is 22.2 Å². The zero-order chi connectivity index (χ0) is 20.3. The molecule has 0 bridgehead atoms. The lowest BCUT2D eigenvalue weighted by atomic mass is 10.1. The van der Waals surface area contributed by atoms with E-state index in [0.717, 1.165) is 17.5 Å². The third-order valence-electron chi connectivity index (χ3n) is 4.22. The number of hydrogen-bond donors (Lipinski definition) is 1. The summed E-state index contributed by atoms with van der Waals surface area (Å²) in [4.78, 5) is 19.1. The average Bonchev–Trinajstić information content (AvgIpc) is 2.66. The van der Waals surface area contributed by atoms with Crippen LogP contribution in [-0.4, -0.2) is 14.9 Å². The third-order valence-corrected chi connectivity index (χ3v) is 4.82. The maximum Gasteiger partial charge on any atom is 0.373 e. The van der Waals surface area contributed by atoms with Crippen LogP contribution in [0.1, 0.15) is 23.6 Å². The van der Waals surface area contributed by atoms with Crippen LogP contribution in [-0.2, 0) is 6.42 Å². The Labute approximate surface area is 167 Å². The average molecular weight is 399 g/mol. The highest BCUT2D eigenvalue weighted by Crippen LogP contribution is 2.36. The van der Waals surface area contributed by atoms with Gasteiger partial charge in [-0.1, -0.05) is 30.7 Å². The first kappa shape index (κ1) is 19.6. The molecular formula is C20H19ClN4O3. The molecule has 1 aromatic heterocycles. The number of hydrogen-bond acceptors (Lipinski definition) is 6. The van der Waals surface area contributed by atoms with Crippen LogP contribution in [0.25, 0.3) is 0 Å². The summed E-state index contributed by atoms with van der Waals surface area (Å²) in [5.74, 6) is 0.329. The number of ether oxygens (including phenoxy) is 1. The zero-order valence-corrected chi connectivity index (χ0v) is 16.4. The van der Waals surface area contributed by atoms with Crippen molar-refractivity contribution in [3.05, 3.63) is 74.6 Å². The molecule has 0 unspecified atom stereocenters. The van der Waals surface area contributed by atoms with Gasteiger partial charge in [-0.15, -0.1) is 0 Å². The number of benzene rings is 2. The van der Waals surface area contributed by atoms with Crippen molar-refractivity contribution in [1.29, 1.82) is 0 Å². The number of aromatic nitrogens is 2. The summed E-state index contributed by atoms with van der Waals surface area (Å²) in [7, 11) is 0. The van der Waals surface area contributed by atoms with Gasteiger partial charge in [-0.2, -0.15) is 4.98 Å². The van der Waals surface area contributed by atoms with Crippen LogP contribution in [0.2, 0.25) is 5.02 Å². The van der Waals surface area contributed by atoms with E-state index in [0.29, 0.717) is 16.5 Å². The van der Waals surface area contributed by atoms with E-state index in [1.807, 2.05) is 38.1 Å². The monoisotopic (exact) mass is 398 g/mol. The molecule has 3 aromatic rings. The van der Waals surface area contributed by atoms with Gasteiger partial charge in [-0.25, -0.2) is 4.98 Å². The van der Waals surface area contributed by atoms with Gasteiger partial charge in [0, 0.05) is 10.7 Å². The minimum absolute atomic E-state index is 0.0571. The minimum atomic E-state index is -0.562. The molecular weight excluding hydrogens is 380 g/mol. The van der Waals surface area contributed by atoms with Gasteiger partial charge in [0.25, 0.3) is 0 Å². The largest absolute Gasteiger partial charge is 0.434 e. The maximum absolute atomic E-state index is 11.7. The SMILES string of the molecule is CCc1ccc(Nc2ncnc(Oc3cc(C)c(Cl)c(C)c3)c2[N+](=O)[O-])cc1. The Morgan fingerprint density at radius 1 is 1.14 bits per heavy atom. The molecule has 0 amide bonds. The second-order valence-corrected chi connectivity index (χ2v) is 6.66. The van der Waals surface area contributed by atoms with Crippen molar-refractivity contribution >= 4 is 28.8 Å². The Morgan fingerprint density at radius 3 is 2.36 bits per heavy atom. The summed E-state index contributed by atoms with van der Waals surface area (Å²) in [6.07, 6.45) is 2.13. The summed E-state index contributed by atoms with van der Waals surface area (Å²) in [5, 5.41) is 15.3. The minimum Gasteiger partial charge on any atom is -0.434 e. The van der Waals surface area contributed by atoms with Gasteiger partial charge in [0.15, 0.2) is 0 Å². The molecule has 0 aliphatic rings. The van der Waals surface area contributed by atoms with E-state index < -0.39 is 4.92 Å². The van der Waals surface area contributed by atoms with Crippen molar-refractivity contribution in [3.63, 3.8) is 0 Å². The molecule has 0 fully saturated rings. The lowest BCUT2D eigenvalue weighted by Crippen LogP contribution is -2.03. The van der Waals surface area contributed by atoms with Gasteiger partial charge < -0.3 is 10.1 Å². The van der Waals surface area contributed by atoms with Gasteiger partial charge in [0.2, 0.25) is 5.82 Å². The Balaban J connectivity index is 1.96. The van der Waals surface area contributed by atoms with Gasteiger partial charge in [-0.3, -0.25) is 10.1 Å². The van der Waals surface area contributed by atoms with Crippen molar-refractivity contribution in [2.24, 2.45) is 0 Å². The zero-order valence-electron chi connectivity index (χ0n) is 15.7. The quantitative estimate of drug-likeness (QED) is 0.419. The van der Waals surface area contributed by atoms with E-state index in [9.17, 15) is 10.1 Å². The second kappa shape index (κ2) is 8.22. The maximum atomic E-state index is 11.7. The predicted molar refractivity (Wildman–Crippen MR) is 109 cm³/mol. The Bertz CT molecular complexity index is 999. The fourth-order valence-electron chi connectivity index (χ4n) is 2.73. The van der Waals surface area contributed by atoms with Crippen LogP contribution in [0, 0.1) is 24.0 Å². The Hall–Kier alpha value is -3.19. The predicted octanol–water partition coefficient (Wildman–Crippen LogP) is 5.75. The van der Waals surface area contributed by atoms with Gasteiger partial charge in [-0.05, 0) is 61.2 Å². The molecule has 8 heteroatoms. The number of nitrogens with zero attached hydrogens (tertiary/aromatic N) is 3. The van der Waals surface area contributed by atoms with Crippen LogP contribution in [0.4, 0.5) is 17.2 Å². The molecule has 0 aliphatic heterocycles. The summed E-state index contributed by atoms with van der Waals surface area (Å²) in [5.41, 5.74) is 3.13. The fraction of sp³-hybridized carbons (Fsp3) is 0.200. The van der Waals surface area contributed by atoms with E-state index in [-0.39, 0.29) is 17.4 Å². The van der Waals surface area contributed by atoms with Gasteiger partial charge in [0.05, 0.1) is 4.92 Å². The second-order valence-electron chi connectivity index (χ2n) is 6.28. The van der Waals surface area contributed by atoms with Crippen molar-refractivity contribution in [1.82, 2.24) is 9.97 Å². The van der Waals surface area contributed by atoms with E-state index in [1.165, 1.54) is 11.9 Å². The topological polar surface area (TPSA) is 90.2 Å². The smallest absolute Gasteiger partial charge is 0.373 e. The van der Waals surface area contributed by atoms with Crippen LogP contribution in [0.3, 0.4) is 0 Å². The van der Waals surface area contributed by atoms with Crippen molar-refractivity contribution in [2.45, 2.75) is 27.2 Å². The lowest BCUT2D eigenvalue weighted by Gasteiger charge is -2.11. The highest BCUT2D eigenvalue weighted by atomic mass is 35.5. The standard InChI is InChI=1S/C20H19ClN4O3/c1-4-14-5-7-15(8-6-14)24-19-18(25(26)27)20(23-11-22-19)28-16-9-12(2)17(21)13(3)10-16/h5-11H,4H2,1-3H3,(H,22,23,24). The number of anilines is 2. The molecule has 7 nitrogen and oxygen atoms in total. The Morgan fingerprint density at radius 2 is 1.79 bits per heavy atom. The van der Waals surface area contributed by atoms with Crippen LogP contribution in [0.5, 0.6) is 11.6 Å². The number of halogens is 1. The molecule has 28 heavy (non-hydrogen) atoms. The van der Waals surface area contributed by atoms with Crippen molar-refractivity contribution in [2.75, 3.05) is 5.32 Å². The van der Waals surface area contributed by atoms with Crippen LogP contribution >= 0.6 is 11.6 Å². The molecule has 3 rings (SSSR count). The molecule has 0 aliphatic carbocycles. The molecule has 0 saturated carbocycles. The summed E-state index contributed by atoms with van der Waals surface area (Å²) >= 11 is 6.17. The van der Waals surface area contributed by atoms with Gasteiger partial charge in [0.1, 0.15) is 12.1 Å². The van der Waals surface area contributed by atoms with E-state index in [4.69, 9.17) is 16.3 Å². The van der Waals surface area contributed by atoms with Crippen LogP contribution < -0.4 is 10.1 Å². The molecule has 1 heterocycles. The number of nitrogens with one attached hydrogen (secondary N) is 1. The van der Waals surface area contributed by atoms with Gasteiger partial charge >= 0.3 is 11.6 Å². The molecule has 0 saturated heterocycles. The normalized spacial score (nSPS) is 10.6. The summed E-state index contributed by atoms with van der Waals surface area (Å²) in [6, 6.07) is 11.0. The number of rotatable bonds is 6. The number of nitro groups is 1. The molecule has 0 spiro atoms. The van der Waals surface area contributed by atoms with Crippen molar-refractivity contribution in [3.8, 4) is 11.6 Å². The summed E-state index contributed by atoms with van der Waals surface area (Å²) < 4.78 is 5.71.